The molecule has 1 aromatic rings. The van der Waals surface area contributed by atoms with Gasteiger partial charge in [-0.1, -0.05) is 25.1 Å². The first-order valence-corrected chi connectivity index (χ1v) is 6.90. The molecule has 6 heteroatoms. The molecule has 0 fully saturated rings. The standard InChI is InChI=1S/C15H21F3N2O/c1-10(9-14(21)20-8-7-11(2)19)12-5-3-4-6-13(12)15(16,17)18/h3-6,10-11H,7-9,19H2,1-2H3,(H,20,21). The van der Waals surface area contributed by atoms with Gasteiger partial charge in [-0.3, -0.25) is 4.79 Å². The molecule has 3 nitrogen and oxygen atoms in total. The molecule has 2 atom stereocenters. The van der Waals surface area contributed by atoms with Gasteiger partial charge < -0.3 is 11.1 Å². The zero-order valence-corrected chi connectivity index (χ0v) is 12.2. The monoisotopic (exact) mass is 302 g/mol. The number of hydrogen-bond donors (Lipinski definition) is 2. The molecule has 118 valence electrons. The second kappa shape index (κ2) is 7.45. The van der Waals surface area contributed by atoms with E-state index in [9.17, 15) is 18.0 Å². The number of amides is 1. The summed E-state index contributed by atoms with van der Waals surface area (Å²) in [6.45, 7) is 3.88. The fourth-order valence-electron chi connectivity index (χ4n) is 2.08. The number of hydrogen-bond acceptors (Lipinski definition) is 2. The van der Waals surface area contributed by atoms with Gasteiger partial charge in [0.15, 0.2) is 0 Å². The van der Waals surface area contributed by atoms with Crippen LogP contribution >= 0.6 is 0 Å². The zero-order valence-electron chi connectivity index (χ0n) is 12.2. The lowest BCUT2D eigenvalue weighted by atomic mass is 9.92. The summed E-state index contributed by atoms with van der Waals surface area (Å²) >= 11 is 0. The summed E-state index contributed by atoms with van der Waals surface area (Å²) in [7, 11) is 0. The fourth-order valence-corrected chi connectivity index (χ4v) is 2.08. The van der Waals surface area contributed by atoms with Crippen molar-refractivity contribution in [1.29, 1.82) is 0 Å². The third kappa shape index (κ3) is 5.75. The van der Waals surface area contributed by atoms with Crippen LogP contribution < -0.4 is 11.1 Å². The van der Waals surface area contributed by atoms with E-state index in [1.54, 1.807) is 13.0 Å². The fraction of sp³-hybridized carbons (Fsp3) is 0.533. The summed E-state index contributed by atoms with van der Waals surface area (Å²) < 4.78 is 38.8. The van der Waals surface area contributed by atoms with Crippen molar-refractivity contribution >= 4 is 5.91 Å². The minimum Gasteiger partial charge on any atom is -0.356 e. The highest BCUT2D eigenvalue weighted by atomic mass is 19.4. The van der Waals surface area contributed by atoms with Crippen molar-refractivity contribution in [2.45, 2.75) is 44.8 Å². The molecular formula is C15H21F3N2O. The van der Waals surface area contributed by atoms with Gasteiger partial charge >= 0.3 is 6.18 Å². The van der Waals surface area contributed by atoms with E-state index in [2.05, 4.69) is 5.32 Å². The largest absolute Gasteiger partial charge is 0.416 e. The van der Waals surface area contributed by atoms with Crippen LogP contribution in [0.3, 0.4) is 0 Å². The second-order valence-electron chi connectivity index (χ2n) is 5.31. The number of nitrogens with one attached hydrogen (secondary N) is 1. The van der Waals surface area contributed by atoms with E-state index < -0.39 is 17.7 Å². The third-order valence-electron chi connectivity index (χ3n) is 3.21. The normalized spacial score (nSPS) is 14.6. The van der Waals surface area contributed by atoms with Gasteiger partial charge in [-0.2, -0.15) is 13.2 Å². The molecule has 0 radical (unpaired) electrons. The van der Waals surface area contributed by atoms with Crippen LogP contribution in [0.1, 0.15) is 43.7 Å². The number of halogens is 3. The van der Waals surface area contributed by atoms with E-state index in [-0.39, 0.29) is 23.9 Å². The summed E-state index contributed by atoms with van der Waals surface area (Å²) in [5, 5.41) is 2.67. The maximum Gasteiger partial charge on any atom is 0.416 e. The molecule has 0 aliphatic carbocycles. The number of nitrogens with two attached hydrogens (primary N) is 1. The lowest BCUT2D eigenvalue weighted by molar-refractivity contribution is -0.138. The van der Waals surface area contributed by atoms with Gasteiger partial charge in [-0.15, -0.1) is 0 Å². The SMILES string of the molecule is CC(N)CCNC(=O)CC(C)c1ccccc1C(F)(F)F. The number of rotatable bonds is 6. The molecule has 1 aromatic carbocycles. The molecule has 0 heterocycles. The number of alkyl halides is 3. The van der Waals surface area contributed by atoms with Crippen LogP contribution in [0.2, 0.25) is 0 Å². The third-order valence-corrected chi connectivity index (χ3v) is 3.21. The van der Waals surface area contributed by atoms with E-state index in [4.69, 9.17) is 5.73 Å². The van der Waals surface area contributed by atoms with Crippen molar-refractivity contribution in [1.82, 2.24) is 5.32 Å². The molecular weight excluding hydrogens is 281 g/mol. The maximum atomic E-state index is 12.9. The van der Waals surface area contributed by atoms with Crippen LogP contribution in [0.25, 0.3) is 0 Å². The van der Waals surface area contributed by atoms with Crippen LogP contribution in [0.15, 0.2) is 24.3 Å². The summed E-state index contributed by atoms with van der Waals surface area (Å²) in [4.78, 5) is 11.7. The Morgan fingerprint density at radius 2 is 1.90 bits per heavy atom. The molecule has 0 aromatic heterocycles. The maximum absolute atomic E-state index is 12.9. The van der Waals surface area contributed by atoms with Crippen LogP contribution in [0, 0.1) is 0 Å². The highest BCUT2D eigenvalue weighted by Crippen LogP contribution is 2.35. The highest BCUT2D eigenvalue weighted by Gasteiger charge is 2.34. The van der Waals surface area contributed by atoms with Crippen molar-refractivity contribution < 1.29 is 18.0 Å². The van der Waals surface area contributed by atoms with Crippen LogP contribution in [-0.4, -0.2) is 18.5 Å². The molecule has 0 saturated carbocycles. The van der Waals surface area contributed by atoms with Crippen molar-refractivity contribution in [3.05, 3.63) is 35.4 Å². The van der Waals surface area contributed by atoms with Crippen LogP contribution in [-0.2, 0) is 11.0 Å². The van der Waals surface area contributed by atoms with Gasteiger partial charge in [0.05, 0.1) is 5.56 Å². The second-order valence-corrected chi connectivity index (χ2v) is 5.31. The van der Waals surface area contributed by atoms with Crippen LogP contribution in [0.5, 0.6) is 0 Å². The van der Waals surface area contributed by atoms with Gasteiger partial charge in [0.2, 0.25) is 5.91 Å². The zero-order chi connectivity index (χ0) is 16.0. The average molecular weight is 302 g/mol. The van der Waals surface area contributed by atoms with Crippen molar-refractivity contribution in [2.24, 2.45) is 5.73 Å². The van der Waals surface area contributed by atoms with E-state index in [0.29, 0.717) is 13.0 Å². The minimum atomic E-state index is -4.41. The Hall–Kier alpha value is -1.56. The van der Waals surface area contributed by atoms with Gasteiger partial charge in [-0.05, 0) is 30.9 Å². The lowest BCUT2D eigenvalue weighted by Crippen LogP contribution is -2.29. The minimum absolute atomic E-state index is 0.0197. The summed E-state index contributed by atoms with van der Waals surface area (Å²) in [5.74, 6) is -0.766. The first kappa shape index (κ1) is 17.5. The first-order valence-electron chi connectivity index (χ1n) is 6.90. The predicted octanol–water partition coefficient (Wildman–Crippen LogP) is 3.05. The number of benzene rings is 1. The quantitative estimate of drug-likeness (QED) is 0.848. The summed E-state index contributed by atoms with van der Waals surface area (Å²) in [5.41, 5.74) is 5.03. The Labute approximate surface area is 122 Å². The molecule has 21 heavy (non-hydrogen) atoms. The Kier molecular flexibility index (Phi) is 6.20. The molecule has 0 aliphatic rings. The molecule has 0 saturated heterocycles. The Morgan fingerprint density at radius 3 is 2.48 bits per heavy atom. The smallest absolute Gasteiger partial charge is 0.356 e. The molecule has 0 spiro atoms. The summed E-state index contributed by atoms with van der Waals surface area (Å²) in [6, 6.07) is 5.34. The molecule has 0 bridgehead atoms. The van der Waals surface area contributed by atoms with Crippen molar-refractivity contribution in [3.8, 4) is 0 Å². The van der Waals surface area contributed by atoms with Gasteiger partial charge in [-0.25, -0.2) is 0 Å². The number of carbonyl (C=O) groups excluding carboxylic acids is 1. The number of carbonyl (C=O) groups is 1. The van der Waals surface area contributed by atoms with Crippen LogP contribution in [0.4, 0.5) is 13.2 Å². The molecule has 1 amide bonds. The molecule has 3 N–H and O–H groups in total. The van der Waals surface area contributed by atoms with Crippen molar-refractivity contribution in [2.75, 3.05) is 6.54 Å². The topological polar surface area (TPSA) is 55.1 Å². The van der Waals surface area contributed by atoms with E-state index >= 15 is 0 Å². The van der Waals surface area contributed by atoms with E-state index in [1.165, 1.54) is 12.1 Å². The summed E-state index contributed by atoms with van der Waals surface area (Å²) in [6.07, 6.45) is -3.75. The molecule has 2 unspecified atom stereocenters. The Bertz CT molecular complexity index is 472. The van der Waals surface area contributed by atoms with Crippen molar-refractivity contribution in [3.63, 3.8) is 0 Å². The average Bonchev–Trinajstić information content (AvgIpc) is 2.37. The lowest BCUT2D eigenvalue weighted by Gasteiger charge is -2.18. The van der Waals surface area contributed by atoms with Gasteiger partial charge in [0.1, 0.15) is 0 Å². The molecule has 1 rings (SSSR count). The van der Waals surface area contributed by atoms with E-state index in [1.807, 2.05) is 6.92 Å². The Balaban J connectivity index is 2.68. The van der Waals surface area contributed by atoms with Gasteiger partial charge in [0, 0.05) is 19.0 Å². The first-order chi connectivity index (χ1) is 9.71. The van der Waals surface area contributed by atoms with Gasteiger partial charge in [0.25, 0.3) is 0 Å². The highest BCUT2D eigenvalue weighted by molar-refractivity contribution is 5.76. The predicted molar refractivity (Wildman–Crippen MR) is 75.8 cm³/mol. The van der Waals surface area contributed by atoms with E-state index in [0.717, 1.165) is 6.07 Å². The Morgan fingerprint density at radius 1 is 1.29 bits per heavy atom. The molecule has 0 aliphatic heterocycles.